The van der Waals surface area contributed by atoms with Crippen LogP contribution in [0.15, 0.2) is 72.8 Å². The molecule has 1 fully saturated rings. The number of hydrogen-bond acceptors (Lipinski definition) is 3. The number of hydrogen-bond donors (Lipinski definition) is 1. The zero-order chi connectivity index (χ0) is 19.5. The largest absolute Gasteiger partial charge is 0.506 e. The van der Waals surface area contributed by atoms with Gasteiger partial charge < -0.3 is 5.11 Å². The number of phenols is 1. The summed E-state index contributed by atoms with van der Waals surface area (Å²) in [4.78, 5) is 4.72. The highest BCUT2D eigenvalue weighted by Crippen LogP contribution is 2.41. The number of aromatic hydroxyl groups is 1. The summed E-state index contributed by atoms with van der Waals surface area (Å²) in [5.41, 5.74) is 3.23. The van der Waals surface area contributed by atoms with E-state index in [-0.39, 0.29) is 16.9 Å². The number of halogens is 2. The molecule has 1 aliphatic rings. The number of phenolic OH excluding ortho intramolecular Hbond substituents is 1. The molecule has 3 aromatic carbocycles. The maximum absolute atomic E-state index is 10.7. The Hall–Kier alpha value is -2.04. The first kappa shape index (κ1) is 19.3. The molecule has 1 aliphatic heterocycles. The predicted molar refractivity (Wildman–Crippen MR) is 115 cm³/mol. The lowest BCUT2D eigenvalue weighted by Gasteiger charge is -2.31. The van der Waals surface area contributed by atoms with E-state index in [4.69, 9.17) is 23.2 Å². The van der Waals surface area contributed by atoms with E-state index >= 15 is 0 Å². The molecule has 0 aromatic heterocycles. The van der Waals surface area contributed by atoms with Gasteiger partial charge in [0.05, 0.1) is 11.2 Å². The first-order valence-electron chi connectivity index (χ1n) is 9.35. The first-order chi connectivity index (χ1) is 13.6. The molecule has 0 unspecified atom stereocenters. The molecule has 0 saturated carbocycles. The van der Waals surface area contributed by atoms with Crippen molar-refractivity contribution in [1.82, 2.24) is 9.80 Å². The molecule has 0 atom stereocenters. The van der Waals surface area contributed by atoms with E-state index in [0.717, 1.165) is 31.7 Å². The molecule has 28 heavy (non-hydrogen) atoms. The summed E-state index contributed by atoms with van der Waals surface area (Å²) in [6, 6.07) is 24.2. The molecule has 0 bridgehead atoms. The normalized spacial score (nSPS) is 15.9. The van der Waals surface area contributed by atoms with Gasteiger partial charge in [0.25, 0.3) is 0 Å². The summed E-state index contributed by atoms with van der Waals surface area (Å²) in [6.07, 6.45) is -0.100. The first-order valence-corrected chi connectivity index (χ1v) is 10.1. The van der Waals surface area contributed by atoms with Crippen LogP contribution in [0.3, 0.4) is 0 Å². The van der Waals surface area contributed by atoms with Crippen LogP contribution in [-0.4, -0.2) is 28.0 Å². The van der Waals surface area contributed by atoms with Gasteiger partial charge in [0.1, 0.15) is 5.75 Å². The Morgan fingerprint density at radius 2 is 1.29 bits per heavy atom. The van der Waals surface area contributed by atoms with Gasteiger partial charge in [-0.1, -0.05) is 83.9 Å². The summed E-state index contributed by atoms with van der Waals surface area (Å²) >= 11 is 12.5. The topological polar surface area (TPSA) is 26.7 Å². The Labute approximate surface area is 175 Å². The molecule has 1 saturated heterocycles. The average molecular weight is 413 g/mol. The summed E-state index contributed by atoms with van der Waals surface area (Å²) in [5.74, 6) is 0.106. The van der Waals surface area contributed by atoms with E-state index < -0.39 is 0 Å². The van der Waals surface area contributed by atoms with Crippen molar-refractivity contribution in [3.63, 3.8) is 0 Å². The SMILES string of the molecule is Oc1c(Cl)cc(Cl)cc1C1N(Cc2ccccc2)CCN1Cc1ccccc1. The van der Waals surface area contributed by atoms with Gasteiger partial charge >= 0.3 is 0 Å². The van der Waals surface area contributed by atoms with Crippen LogP contribution < -0.4 is 0 Å². The van der Waals surface area contributed by atoms with E-state index in [1.54, 1.807) is 6.07 Å². The Morgan fingerprint density at radius 3 is 1.79 bits per heavy atom. The summed E-state index contributed by atoms with van der Waals surface area (Å²) in [5, 5.41) is 11.5. The maximum atomic E-state index is 10.7. The monoisotopic (exact) mass is 412 g/mol. The van der Waals surface area contributed by atoms with Crippen molar-refractivity contribution in [2.75, 3.05) is 13.1 Å². The van der Waals surface area contributed by atoms with Gasteiger partial charge in [-0.3, -0.25) is 9.80 Å². The quantitative estimate of drug-likeness (QED) is 0.580. The van der Waals surface area contributed by atoms with Gasteiger partial charge in [0.2, 0.25) is 0 Å². The fraction of sp³-hybridized carbons (Fsp3) is 0.217. The molecule has 0 aliphatic carbocycles. The van der Waals surface area contributed by atoms with Crippen LogP contribution in [-0.2, 0) is 13.1 Å². The standard InChI is InChI=1S/C23H22Cl2N2O/c24-19-13-20(22(28)21(25)14-19)23-26(15-17-7-3-1-4-8-17)11-12-27(23)16-18-9-5-2-6-10-18/h1-10,13-14,23,28H,11-12,15-16H2. The molecular formula is C23H22Cl2N2O. The molecule has 3 nitrogen and oxygen atoms in total. The predicted octanol–water partition coefficient (Wildman–Crippen LogP) is 5.72. The van der Waals surface area contributed by atoms with Gasteiger partial charge in [-0.2, -0.15) is 0 Å². The highest BCUT2D eigenvalue weighted by Gasteiger charge is 2.35. The van der Waals surface area contributed by atoms with Crippen molar-refractivity contribution in [3.8, 4) is 5.75 Å². The second-order valence-corrected chi connectivity index (χ2v) is 7.95. The molecule has 5 heteroatoms. The molecule has 1 N–H and O–H groups in total. The summed E-state index contributed by atoms with van der Waals surface area (Å²) in [7, 11) is 0. The van der Waals surface area contributed by atoms with Gasteiger partial charge in [0, 0.05) is 36.8 Å². The van der Waals surface area contributed by atoms with Gasteiger partial charge in [-0.25, -0.2) is 0 Å². The Bertz CT molecular complexity index is 885. The van der Waals surface area contributed by atoms with Crippen LogP contribution in [0.5, 0.6) is 5.75 Å². The third-order valence-electron chi connectivity index (χ3n) is 5.16. The number of nitrogens with zero attached hydrogens (tertiary/aromatic N) is 2. The van der Waals surface area contributed by atoms with E-state index in [2.05, 4.69) is 58.3 Å². The minimum absolute atomic E-state index is 0.100. The third-order valence-corrected chi connectivity index (χ3v) is 5.67. The minimum Gasteiger partial charge on any atom is -0.506 e. The van der Waals surface area contributed by atoms with Crippen molar-refractivity contribution < 1.29 is 5.11 Å². The van der Waals surface area contributed by atoms with E-state index in [9.17, 15) is 5.11 Å². The maximum Gasteiger partial charge on any atom is 0.140 e. The Kier molecular flexibility index (Phi) is 5.88. The van der Waals surface area contributed by atoms with Crippen molar-refractivity contribution in [2.24, 2.45) is 0 Å². The van der Waals surface area contributed by atoms with Crippen LogP contribution in [0.1, 0.15) is 22.9 Å². The zero-order valence-corrected chi connectivity index (χ0v) is 16.9. The molecule has 0 amide bonds. The molecule has 0 spiro atoms. The zero-order valence-electron chi connectivity index (χ0n) is 15.4. The molecule has 0 radical (unpaired) electrons. The van der Waals surface area contributed by atoms with Gasteiger partial charge in [-0.05, 0) is 23.3 Å². The second-order valence-electron chi connectivity index (χ2n) is 7.11. The highest BCUT2D eigenvalue weighted by molar-refractivity contribution is 6.35. The van der Waals surface area contributed by atoms with Gasteiger partial charge in [-0.15, -0.1) is 0 Å². The van der Waals surface area contributed by atoms with Crippen LogP contribution >= 0.6 is 23.2 Å². The van der Waals surface area contributed by atoms with Gasteiger partial charge in [0.15, 0.2) is 0 Å². The summed E-state index contributed by atoms with van der Waals surface area (Å²) < 4.78 is 0. The fourth-order valence-electron chi connectivity index (χ4n) is 3.88. The molecule has 1 heterocycles. The van der Waals surface area contributed by atoms with Crippen LogP contribution in [0, 0.1) is 0 Å². The minimum atomic E-state index is -0.100. The third kappa shape index (κ3) is 4.18. The lowest BCUT2D eigenvalue weighted by atomic mass is 10.1. The fourth-order valence-corrected chi connectivity index (χ4v) is 4.38. The second kappa shape index (κ2) is 8.54. The lowest BCUT2D eigenvalue weighted by Crippen LogP contribution is -2.30. The Balaban J connectivity index is 1.69. The summed E-state index contributed by atoms with van der Waals surface area (Å²) in [6.45, 7) is 3.38. The van der Waals surface area contributed by atoms with Crippen molar-refractivity contribution >= 4 is 23.2 Å². The number of benzene rings is 3. The molecule has 144 valence electrons. The average Bonchev–Trinajstić information content (AvgIpc) is 3.08. The van der Waals surface area contributed by atoms with Crippen LogP contribution in [0.2, 0.25) is 10.0 Å². The number of rotatable bonds is 5. The van der Waals surface area contributed by atoms with Crippen molar-refractivity contribution in [1.29, 1.82) is 0 Å². The van der Waals surface area contributed by atoms with Crippen LogP contribution in [0.4, 0.5) is 0 Å². The molecule has 3 aromatic rings. The molecular weight excluding hydrogens is 391 g/mol. The smallest absolute Gasteiger partial charge is 0.140 e. The van der Waals surface area contributed by atoms with E-state index in [1.165, 1.54) is 11.1 Å². The Morgan fingerprint density at radius 1 is 0.786 bits per heavy atom. The van der Waals surface area contributed by atoms with Crippen molar-refractivity contribution in [3.05, 3.63) is 99.5 Å². The van der Waals surface area contributed by atoms with E-state index in [1.807, 2.05) is 18.2 Å². The highest BCUT2D eigenvalue weighted by atomic mass is 35.5. The lowest BCUT2D eigenvalue weighted by molar-refractivity contribution is 0.123. The van der Waals surface area contributed by atoms with Crippen LogP contribution in [0.25, 0.3) is 0 Å². The van der Waals surface area contributed by atoms with E-state index in [0.29, 0.717) is 5.02 Å². The van der Waals surface area contributed by atoms with Crippen molar-refractivity contribution in [2.45, 2.75) is 19.3 Å². The molecule has 4 rings (SSSR count).